The van der Waals surface area contributed by atoms with E-state index in [1.165, 1.54) is 0 Å². The van der Waals surface area contributed by atoms with E-state index in [1.54, 1.807) is 14.2 Å². The van der Waals surface area contributed by atoms with Crippen LogP contribution in [0.3, 0.4) is 0 Å². The Kier molecular flexibility index (Phi) is 6.87. The van der Waals surface area contributed by atoms with Gasteiger partial charge < -0.3 is 14.8 Å². The van der Waals surface area contributed by atoms with Crippen molar-refractivity contribution in [3.05, 3.63) is 59.7 Å². The molecule has 4 heteroatoms. The average molecular weight is 341 g/mol. The first-order chi connectivity index (χ1) is 12.0. The monoisotopic (exact) mass is 341 g/mol. The molecule has 0 saturated heterocycles. The van der Waals surface area contributed by atoms with Crippen molar-refractivity contribution in [3.8, 4) is 11.5 Å². The molecule has 1 atom stereocenters. The van der Waals surface area contributed by atoms with Crippen molar-refractivity contribution in [1.29, 1.82) is 0 Å². The second kappa shape index (κ2) is 9.11. The Labute approximate surface area is 150 Å². The van der Waals surface area contributed by atoms with Crippen LogP contribution < -0.4 is 14.8 Å². The molecule has 0 aliphatic carbocycles. The van der Waals surface area contributed by atoms with E-state index in [-0.39, 0.29) is 11.9 Å². The van der Waals surface area contributed by atoms with Gasteiger partial charge in [0.15, 0.2) is 11.5 Å². The molecule has 0 aromatic heterocycles. The third kappa shape index (κ3) is 5.52. The Morgan fingerprint density at radius 2 is 1.68 bits per heavy atom. The van der Waals surface area contributed by atoms with E-state index < -0.39 is 0 Å². The Morgan fingerprint density at radius 1 is 1.00 bits per heavy atom. The molecule has 0 aliphatic rings. The number of hydrogen-bond donors (Lipinski definition) is 1. The molecule has 0 heterocycles. The summed E-state index contributed by atoms with van der Waals surface area (Å²) in [4.78, 5) is 12.5. The minimum atomic E-state index is 0.00160. The number of carbonyl (C=O) groups is 1. The zero-order valence-corrected chi connectivity index (χ0v) is 15.4. The first kappa shape index (κ1) is 18.8. The summed E-state index contributed by atoms with van der Waals surface area (Å²) in [6.45, 7) is 4.33. The Balaban J connectivity index is 2.08. The number of rotatable bonds is 8. The van der Waals surface area contributed by atoms with Crippen LogP contribution in [0.5, 0.6) is 11.5 Å². The summed E-state index contributed by atoms with van der Waals surface area (Å²) in [5, 5.41) is 3.17. The number of hydrogen-bond acceptors (Lipinski definition) is 3. The number of amides is 1. The van der Waals surface area contributed by atoms with E-state index in [9.17, 15) is 4.79 Å². The zero-order valence-electron chi connectivity index (χ0n) is 15.4. The van der Waals surface area contributed by atoms with Crippen molar-refractivity contribution in [3.63, 3.8) is 0 Å². The van der Waals surface area contributed by atoms with Gasteiger partial charge in [0.05, 0.1) is 26.7 Å². The Morgan fingerprint density at radius 3 is 2.28 bits per heavy atom. The molecule has 25 heavy (non-hydrogen) atoms. The third-order valence-corrected chi connectivity index (χ3v) is 4.06. The van der Waals surface area contributed by atoms with Crippen LogP contribution in [0.15, 0.2) is 48.5 Å². The van der Waals surface area contributed by atoms with Crippen LogP contribution in [-0.2, 0) is 11.2 Å². The highest BCUT2D eigenvalue weighted by Crippen LogP contribution is 2.28. The lowest BCUT2D eigenvalue weighted by atomic mass is 9.96. The molecule has 0 saturated carbocycles. The molecule has 0 fully saturated rings. The highest BCUT2D eigenvalue weighted by atomic mass is 16.5. The number of nitrogens with one attached hydrogen (secondary N) is 1. The van der Waals surface area contributed by atoms with E-state index in [0.717, 1.165) is 17.5 Å². The van der Waals surface area contributed by atoms with Crippen LogP contribution in [0.4, 0.5) is 0 Å². The summed E-state index contributed by atoms with van der Waals surface area (Å²) in [6, 6.07) is 15.7. The normalized spacial score (nSPS) is 11.9. The largest absolute Gasteiger partial charge is 0.493 e. The lowest BCUT2D eigenvalue weighted by Crippen LogP contribution is -2.30. The van der Waals surface area contributed by atoms with Gasteiger partial charge in [-0.3, -0.25) is 4.79 Å². The van der Waals surface area contributed by atoms with Crippen LogP contribution in [0, 0.1) is 5.92 Å². The van der Waals surface area contributed by atoms with Crippen LogP contribution in [0.1, 0.15) is 37.4 Å². The highest BCUT2D eigenvalue weighted by Gasteiger charge is 2.16. The summed E-state index contributed by atoms with van der Waals surface area (Å²) in [5.41, 5.74) is 2.03. The quantitative estimate of drug-likeness (QED) is 0.784. The van der Waals surface area contributed by atoms with Crippen molar-refractivity contribution in [2.75, 3.05) is 14.2 Å². The molecular formula is C21H27NO3. The molecule has 1 N–H and O–H groups in total. The van der Waals surface area contributed by atoms with E-state index in [1.807, 2.05) is 36.4 Å². The highest BCUT2D eigenvalue weighted by molar-refractivity contribution is 5.79. The number of benzene rings is 2. The third-order valence-electron chi connectivity index (χ3n) is 4.06. The Hall–Kier alpha value is -2.49. The number of methoxy groups -OCH3 is 2. The summed E-state index contributed by atoms with van der Waals surface area (Å²) in [5.74, 6) is 1.79. The lowest BCUT2D eigenvalue weighted by Gasteiger charge is -2.21. The van der Waals surface area contributed by atoms with Crippen molar-refractivity contribution in [2.24, 2.45) is 5.92 Å². The maximum atomic E-state index is 12.5. The van der Waals surface area contributed by atoms with Gasteiger partial charge in [0.1, 0.15) is 0 Å². The summed E-state index contributed by atoms with van der Waals surface area (Å²) in [6.07, 6.45) is 1.21. The molecule has 0 spiro atoms. The second-order valence-electron chi connectivity index (χ2n) is 6.53. The fraction of sp³-hybridized carbons (Fsp3) is 0.381. The predicted octanol–water partition coefficient (Wildman–Crippen LogP) is 4.15. The van der Waals surface area contributed by atoms with E-state index in [0.29, 0.717) is 23.8 Å². The molecule has 2 rings (SSSR count). The van der Waals surface area contributed by atoms with Crippen molar-refractivity contribution in [1.82, 2.24) is 5.32 Å². The molecule has 0 bridgehead atoms. The fourth-order valence-electron chi connectivity index (χ4n) is 2.86. The SMILES string of the molecule is COc1ccc(CC(=O)NC(CC(C)C)c2ccccc2)cc1OC. The second-order valence-corrected chi connectivity index (χ2v) is 6.53. The summed E-state index contributed by atoms with van der Waals surface area (Å²) in [7, 11) is 3.19. The summed E-state index contributed by atoms with van der Waals surface area (Å²) < 4.78 is 10.5. The molecule has 134 valence electrons. The maximum Gasteiger partial charge on any atom is 0.224 e. The molecule has 1 amide bonds. The van der Waals surface area contributed by atoms with E-state index in [4.69, 9.17) is 9.47 Å². The van der Waals surface area contributed by atoms with Crippen LogP contribution in [-0.4, -0.2) is 20.1 Å². The molecule has 4 nitrogen and oxygen atoms in total. The van der Waals surface area contributed by atoms with Crippen LogP contribution >= 0.6 is 0 Å². The molecule has 1 unspecified atom stereocenters. The maximum absolute atomic E-state index is 12.5. The van der Waals surface area contributed by atoms with Gasteiger partial charge in [0, 0.05) is 0 Å². The number of ether oxygens (including phenoxy) is 2. The van der Waals surface area contributed by atoms with Gasteiger partial charge in [-0.1, -0.05) is 50.2 Å². The van der Waals surface area contributed by atoms with Gasteiger partial charge in [0.25, 0.3) is 0 Å². The fourth-order valence-corrected chi connectivity index (χ4v) is 2.86. The zero-order chi connectivity index (χ0) is 18.2. The van der Waals surface area contributed by atoms with Crippen molar-refractivity contribution >= 4 is 5.91 Å². The Bertz CT molecular complexity index is 683. The minimum Gasteiger partial charge on any atom is -0.493 e. The summed E-state index contributed by atoms with van der Waals surface area (Å²) >= 11 is 0. The van der Waals surface area contributed by atoms with E-state index in [2.05, 4.69) is 31.3 Å². The van der Waals surface area contributed by atoms with Gasteiger partial charge in [-0.15, -0.1) is 0 Å². The smallest absolute Gasteiger partial charge is 0.224 e. The predicted molar refractivity (Wildman–Crippen MR) is 100 cm³/mol. The van der Waals surface area contributed by atoms with Crippen molar-refractivity contribution in [2.45, 2.75) is 32.7 Å². The van der Waals surface area contributed by atoms with Crippen LogP contribution in [0.25, 0.3) is 0 Å². The first-order valence-electron chi connectivity index (χ1n) is 8.58. The van der Waals surface area contributed by atoms with Gasteiger partial charge in [-0.2, -0.15) is 0 Å². The average Bonchev–Trinajstić information content (AvgIpc) is 2.61. The van der Waals surface area contributed by atoms with Crippen molar-refractivity contribution < 1.29 is 14.3 Å². The molecule has 0 radical (unpaired) electrons. The van der Waals surface area contributed by atoms with Crippen LogP contribution in [0.2, 0.25) is 0 Å². The molecule has 2 aromatic carbocycles. The first-order valence-corrected chi connectivity index (χ1v) is 8.58. The lowest BCUT2D eigenvalue weighted by molar-refractivity contribution is -0.121. The van der Waals surface area contributed by atoms with Gasteiger partial charge in [-0.25, -0.2) is 0 Å². The van der Waals surface area contributed by atoms with Gasteiger partial charge in [-0.05, 0) is 35.6 Å². The number of carbonyl (C=O) groups excluding carboxylic acids is 1. The van der Waals surface area contributed by atoms with Gasteiger partial charge >= 0.3 is 0 Å². The molecular weight excluding hydrogens is 314 g/mol. The van der Waals surface area contributed by atoms with Gasteiger partial charge in [0.2, 0.25) is 5.91 Å². The minimum absolute atomic E-state index is 0.00160. The molecule has 2 aromatic rings. The topological polar surface area (TPSA) is 47.6 Å². The standard InChI is InChI=1S/C21H27NO3/c1-15(2)12-18(17-8-6-5-7-9-17)22-21(23)14-16-10-11-19(24-3)20(13-16)25-4/h5-11,13,15,18H,12,14H2,1-4H3,(H,22,23). The molecule has 0 aliphatic heterocycles. The van der Waals surface area contributed by atoms with E-state index >= 15 is 0 Å².